The topological polar surface area (TPSA) is 62.7 Å². The molecule has 182 valence electrons. The molecule has 2 heterocycles. The smallest absolute Gasteiger partial charge is 0.273 e. The van der Waals surface area contributed by atoms with Gasteiger partial charge in [0.25, 0.3) is 5.91 Å². The lowest BCUT2D eigenvalue weighted by Gasteiger charge is -2.38. The van der Waals surface area contributed by atoms with E-state index in [4.69, 9.17) is 4.74 Å². The molecule has 7 heteroatoms. The second-order valence-electron chi connectivity index (χ2n) is 9.12. The van der Waals surface area contributed by atoms with E-state index in [-0.39, 0.29) is 23.8 Å². The lowest BCUT2D eigenvalue weighted by molar-refractivity contribution is -0.134. The van der Waals surface area contributed by atoms with E-state index in [1.165, 1.54) is 16.9 Å². The third-order valence-electron chi connectivity index (χ3n) is 6.85. The molecule has 1 saturated carbocycles. The van der Waals surface area contributed by atoms with Crippen LogP contribution in [0.25, 0.3) is 0 Å². The molecule has 1 aliphatic carbocycles. The lowest BCUT2D eigenvalue weighted by atomic mass is 9.87. The zero-order chi connectivity index (χ0) is 24.4. The van der Waals surface area contributed by atoms with E-state index < -0.39 is 0 Å². The Bertz CT molecular complexity index is 1200. The van der Waals surface area contributed by atoms with Crippen molar-refractivity contribution in [3.8, 4) is 5.75 Å². The van der Waals surface area contributed by atoms with Crippen LogP contribution in [0.1, 0.15) is 64.9 Å². The zero-order valence-electron chi connectivity index (χ0n) is 20.3. The highest BCUT2D eigenvalue weighted by molar-refractivity contribution is 7.09. The second kappa shape index (κ2) is 10.2. The minimum atomic E-state index is -0.102. The minimum absolute atomic E-state index is 0.0441. The van der Waals surface area contributed by atoms with Crippen LogP contribution >= 0.6 is 11.3 Å². The maximum Gasteiger partial charge on any atom is 0.273 e. The van der Waals surface area contributed by atoms with Crippen LogP contribution in [0.3, 0.4) is 0 Å². The Morgan fingerprint density at radius 2 is 1.89 bits per heavy atom. The molecule has 1 aromatic heterocycles. The van der Waals surface area contributed by atoms with Gasteiger partial charge in [0, 0.05) is 30.9 Å². The molecule has 1 atom stereocenters. The molecule has 2 amide bonds. The molecule has 0 radical (unpaired) electrons. The highest BCUT2D eigenvalue weighted by atomic mass is 32.1. The van der Waals surface area contributed by atoms with E-state index in [0.29, 0.717) is 25.4 Å². The number of carbonyl (C=O) groups excluding carboxylic acids is 2. The van der Waals surface area contributed by atoms with Crippen molar-refractivity contribution >= 4 is 23.2 Å². The fourth-order valence-corrected chi connectivity index (χ4v) is 5.45. The first kappa shape index (κ1) is 23.5. The zero-order valence-corrected chi connectivity index (χ0v) is 21.1. The average Bonchev–Trinajstić information content (AvgIpc) is 3.64. The summed E-state index contributed by atoms with van der Waals surface area (Å²) in [4.78, 5) is 34.0. The Kier molecular flexibility index (Phi) is 6.86. The minimum Gasteiger partial charge on any atom is -0.486 e. The second-order valence-corrected chi connectivity index (χ2v) is 10.1. The highest BCUT2D eigenvalue weighted by Crippen LogP contribution is 2.41. The fourth-order valence-electron chi connectivity index (χ4n) is 4.77. The van der Waals surface area contributed by atoms with Crippen LogP contribution in [0.4, 0.5) is 0 Å². The number of rotatable bonds is 8. The SMILES string of the molecule is CCN(CC)C(=O)c1csc(COc2ccc3c(c2)C(c2ccccc2)N(C(=O)C2CC2)CC3)n1. The monoisotopic (exact) mass is 489 g/mol. The summed E-state index contributed by atoms with van der Waals surface area (Å²) in [6.07, 6.45) is 2.85. The summed E-state index contributed by atoms with van der Waals surface area (Å²) in [6, 6.07) is 16.4. The molecule has 2 aliphatic rings. The van der Waals surface area contributed by atoms with Gasteiger partial charge in [-0.05, 0) is 61.9 Å². The maximum absolute atomic E-state index is 13.2. The third-order valence-corrected chi connectivity index (χ3v) is 7.68. The van der Waals surface area contributed by atoms with Crippen LogP contribution in [-0.4, -0.2) is 46.2 Å². The van der Waals surface area contributed by atoms with Crippen LogP contribution in [-0.2, 0) is 17.8 Å². The molecule has 1 aliphatic heterocycles. The number of carbonyl (C=O) groups is 2. The van der Waals surface area contributed by atoms with Crippen molar-refractivity contribution in [3.05, 3.63) is 81.3 Å². The van der Waals surface area contributed by atoms with Crippen LogP contribution < -0.4 is 4.74 Å². The number of ether oxygens (including phenoxy) is 1. The van der Waals surface area contributed by atoms with Crippen molar-refractivity contribution in [2.24, 2.45) is 5.92 Å². The molecular formula is C28H31N3O3S. The lowest BCUT2D eigenvalue weighted by Crippen LogP contribution is -2.41. The first-order valence-electron chi connectivity index (χ1n) is 12.4. The summed E-state index contributed by atoms with van der Waals surface area (Å²) < 4.78 is 6.12. The first-order valence-corrected chi connectivity index (χ1v) is 13.3. The maximum atomic E-state index is 13.2. The van der Waals surface area contributed by atoms with Gasteiger partial charge in [0.15, 0.2) is 0 Å². The molecule has 0 bridgehead atoms. The molecule has 0 N–H and O–H groups in total. The predicted octanol–water partition coefficient (Wildman–Crippen LogP) is 5.09. The molecule has 0 spiro atoms. The van der Waals surface area contributed by atoms with Gasteiger partial charge in [-0.15, -0.1) is 11.3 Å². The Morgan fingerprint density at radius 1 is 1.11 bits per heavy atom. The van der Waals surface area contributed by atoms with Gasteiger partial charge in [-0.25, -0.2) is 4.98 Å². The Hall–Kier alpha value is -3.19. The van der Waals surface area contributed by atoms with E-state index >= 15 is 0 Å². The number of nitrogens with zero attached hydrogens (tertiary/aromatic N) is 3. The van der Waals surface area contributed by atoms with Crippen molar-refractivity contribution in [3.63, 3.8) is 0 Å². The van der Waals surface area contributed by atoms with Crippen molar-refractivity contribution < 1.29 is 14.3 Å². The number of benzene rings is 2. The number of hydrogen-bond donors (Lipinski definition) is 0. The predicted molar refractivity (Wildman–Crippen MR) is 137 cm³/mol. The largest absolute Gasteiger partial charge is 0.486 e. The first-order chi connectivity index (χ1) is 17.1. The fraction of sp³-hybridized carbons (Fsp3) is 0.393. The summed E-state index contributed by atoms with van der Waals surface area (Å²) in [6.45, 7) is 6.31. The summed E-state index contributed by atoms with van der Waals surface area (Å²) >= 11 is 1.44. The number of thiazole rings is 1. The molecule has 1 unspecified atom stereocenters. The molecule has 2 aromatic carbocycles. The summed E-state index contributed by atoms with van der Waals surface area (Å²) in [5.41, 5.74) is 3.98. The normalized spacial score (nSPS) is 17.1. The molecule has 0 saturated heterocycles. The van der Waals surface area contributed by atoms with E-state index in [0.717, 1.165) is 47.7 Å². The van der Waals surface area contributed by atoms with Crippen LogP contribution in [0, 0.1) is 5.92 Å². The van der Waals surface area contributed by atoms with Crippen molar-refractivity contribution in [2.75, 3.05) is 19.6 Å². The van der Waals surface area contributed by atoms with Gasteiger partial charge in [-0.1, -0.05) is 36.4 Å². The van der Waals surface area contributed by atoms with Gasteiger partial charge in [0.1, 0.15) is 23.1 Å². The Labute approximate surface area is 210 Å². The standard InChI is InChI=1S/C28H31N3O3S/c1-3-30(4-2)28(33)24-18-35-25(29-24)17-34-22-13-12-19-14-15-31(27(32)21-10-11-21)26(23(19)16-22)20-8-6-5-7-9-20/h5-9,12-13,16,18,21,26H,3-4,10-11,14-15,17H2,1-2H3. The van der Waals surface area contributed by atoms with Crippen molar-refractivity contribution in [2.45, 2.75) is 45.8 Å². The van der Waals surface area contributed by atoms with Gasteiger partial charge in [-0.2, -0.15) is 0 Å². The number of hydrogen-bond acceptors (Lipinski definition) is 5. The van der Waals surface area contributed by atoms with Gasteiger partial charge >= 0.3 is 0 Å². The molecule has 3 aromatic rings. The van der Waals surface area contributed by atoms with Crippen molar-refractivity contribution in [1.82, 2.24) is 14.8 Å². The average molecular weight is 490 g/mol. The van der Waals surface area contributed by atoms with E-state index in [2.05, 4.69) is 34.1 Å². The quantitative estimate of drug-likeness (QED) is 0.442. The van der Waals surface area contributed by atoms with Crippen LogP contribution in [0.5, 0.6) is 5.75 Å². The number of aromatic nitrogens is 1. The van der Waals surface area contributed by atoms with Gasteiger partial charge < -0.3 is 14.5 Å². The van der Waals surface area contributed by atoms with Gasteiger partial charge in [0.2, 0.25) is 5.91 Å². The van der Waals surface area contributed by atoms with Crippen LogP contribution in [0.15, 0.2) is 53.9 Å². The summed E-state index contributed by atoms with van der Waals surface area (Å²) in [7, 11) is 0. The molecule has 6 nitrogen and oxygen atoms in total. The van der Waals surface area contributed by atoms with E-state index in [9.17, 15) is 9.59 Å². The number of amides is 2. The summed E-state index contributed by atoms with van der Waals surface area (Å²) in [5.74, 6) is 1.15. The van der Waals surface area contributed by atoms with Gasteiger partial charge in [0.05, 0.1) is 6.04 Å². The Morgan fingerprint density at radius 3 is 2.60 bits per heavy atom. The van der Waals surface area contributed by atoms with Crippen molar-refractivity contribution in [1.29, 1.82) is 0 Å². The molecule has 5 rings (SSSR count). The highest BCUT2D eigenvalue weighted by Gasteiger charge is 2.39. The van der Waals surface area contributed by atoms with Gasteiger partial charge in [-0.3, -0.25) is 9.59 Å². The Balaban J connectivity index is 1.36. The van der Waals surface area contributed by atoms with E-state index in [1.807, 2.05) is 38.1 Å². The van der Waals surface area contributed by atoms with Crippen LogP contribution in [0.2, 0.25) is 0 Å². The number of fused-ring (bicyclic) bond motifs is 1. The molecular weight excluding hydrogens is 458 g/mol. The van der Waals surface area contributed by atoms with E-state index in [1.54, 1.807) is 10.3 Å². The molecule has 1 fully saturated rings. The third kappa shape index (κ3) is 4.96. The summed E-state index contributed by atoms with van der Waals surface area (Å²) in [5, 5.41) is 2.57. The molecule has 35 heavy (non-hydrogen) atoms.